The molecule has 0 aliphatic rings. The highest BCUT2D eigenvalue weighted by molar-refractivity contribution is 5.99. The van der Waals surface area contributed by atoms with Crippen LogP contribution in [-0.4, -0.2) is 53.8 Å². The number of rotatable bonds is 5. The number of pyridine rings is 2. The number of hydrogen-bond donors (Lipinski definition) is 3. The van der Waals surface area contributed by atoms with E-state index in [1.807, 2.05) is 38.1 Å². The van der Waals surface area contributed by atoms with Crippen molar-refractivity contribution >= 4 is 39.3 Å². The molecular formula is C22H22N10O. The fourth-order valence-corrected chi connectivity index (χ4v) is 3.62. The van der Waals surface area contributed by atoms with E-state index in [1.165, 1.54) is 0 Å². The molecule has 5 rings (SSSR count). The first-order valence-electron chi connectivity index (χ1n) is 10.3. The Kier molecular flexibility index (Phi) is 4.85. The lowest BCUT2D eigenvalue weighted by Gasteiger charge is -2.13. The fraction of sp³-hybridized carbons (Fsp3) is 0.182. The smallest absolute Gasteiger partial charge is 0.261 e. The van der Waals surface area contributed by atoms with Gasteiger partial charge in [0.05, 0.1) is 34.1 Å². The van der Waals surface area contributed by atoms with Crippen LogP contribution in [0.2, 0.25) is 0 Å². The molecule has 33 heavy (non-hydrogen) atoms. The second-order valence-corrected chi connectivity index (χ2v) is 7.71. The summed E-state index contributed by atoms with van der Waals surface area (Å²) in [6.45, 7) is 1.87. The van der Waals surface area contributed by atoms with Crippen LogP contribution in [0.1, 0.15) is 12.7 Å². The molecule has 0 aromatic carbocycles. The van der Waals surface area contributed by atoms with Gasteiger partial charge in [0.15, 0.2) is 5.82 Å². The molecule has 0 saturated carbocycles. The zero-order valence-corrected chi connectivity index (χ0v) is 18.6. The van der Waals surface area contributed by atoms with E-state index >= 15 is 0 Å². The van der Waals surface area contributed by atoms with Crippen LogP contribution in [0.25, 0.3) is 39.2 Å². The number of nitrogens with zero attached hydrogens (tertiary/aromatic N) is 7. The number of aryl methyl sites for hydroxylation is 1. The second kappa shape index (κ2) is 7.86. The van der Waals surface area contributed by atoms with Gasteiger partial charge in [0.1, 0.15) is 22.7 Å². The average Bonchev–Trinajstić information content (AvgIpc) is 3.39. The van der Waals surface area contributed by atoms with Gasteiger partial charge in [-0.15, -0.1) is 0 Å². The van der Waals surface area contributed by atoms with E-state index in [2.05, 4.69) is 35.3 Å². The summed E-state index contributed by atoms with van der Waals surface area (Å²) in [6.07, 6.45) is 8.64. The van der Waals surface area contributed by atoms with Gasteiger partial charge in [-0.05, 0) is 13.0 Å². The van der Waals surface area contributed by atoms with Crippen LogP contribution < -0.4 is 15.8 Å². The van der Waals surface area contributed by atoms with E-state index < -0.39 is 0 Å². The number of nitrogens with one attached hydrogen (secondary N) is 3. The van der Waals surface area contributed by atoms with Gasteiger partial charge in [-0.2, -0.15) is 5.10 Å². The molecule has 11 heteroatoms. The Morgan fingerprint density at radius 3 is 2.67 bits per heavy atom. The maximum Gasteiger partial charge on any atom is 0.261 e. The van der Waals surface area contributed by atoms with E-state index in [-0.39, 0.29) is 5.56 Å². The lowest BCUT2D eigenvalue weighted by molar-refractivity contribution is 0.780. The number of fused-ring (bicyclic) bond motifs is 2. The van der Waals surface area contributed by atoms with Crippen LogP contribution in [0.5, 0.6) is 0 Å². The molecule has 0 amide bonds. The molecule has 5 aromatic heterocycles. The molecule has 0 spiro atoms. The summed E-state index contributed by atoms with van der Waals surface area (Å²) in [5.41, 5.74) is 3.80. The molecule has 3 N–H and O–H groups in total. The first kappa shape index (κ1) is 20.4. The predicted octanol–water partition coefficient (Wildman–Crippen LogP) is 2.53. The van der Waals surface area contributed by atoms with Crippen LogP contribution in [0.15, 0.2) is 47.8 Å². The van der Waals surface area contributed by atoms with Gasteiger partial charge in [-0.3, -0.25) is 9.48 Å². The number of allylic oxidation sites excluding steroid dienone is 1. The van der Waals surface area contributed by atoms with Crippen molar-refractivity contribution in [3.05, 3.63) is 59.2 Å². The quantitative estimate of drug-likeness (QED) is 0.378. The highest BCUT2D eigenvalue weighted by Gasteiger charge is 2.22. The van der Waals surface area contributed by atoms with Crippen LogP contribution in [0.3, 0.4) is 0 Å². The standard InChI is InChI=1S/C22H22N10O/c1-5-12(20-23-7-6-8-24-20)26-19-17(22(33)29-15-11-32(4)30-18(15)19)21-27-13-9-16(31(2)3)25-10-14(13)28-21/h5-11,26H,1-4H3,(H,27,28)(H,29,33)/b12-5+. The third-order valence-corrected chi connectivity index (χ3v) is 5.19. The van der Waals surface area contributed by atoms with Crippen molar-refractivity contribution in [2.75, 3.05) is 24.3 Å². The van der Waals surface area contributed by atoms with E-state index in [4.69, 9.17) is 4.98 Å². The molecule has 166 valence electrons. The number of hydrogen-bond acceptors (Lipinski definition) is 8. The average molecular weight is 442 g/mol. The lowest BCUT2D eigenvalue weighted by Crippen LogP contribution is -2.14. The summed E-state index contributed by atoms with van der Waals surface area (Å²) in [5, 5.41) is 7.91. The minimum atomic E-state index is -0.303. The molecule has 0 radical (unpaired) electrons. The highest BCUT2D eigenvalue weighted by atomic mass is 16.1. The van der Waals surface area contributed by atoms with Crippen molar-refractivity contribution in [1.82, 2.24) is 39.7 Å². The van der Waals surface area contributed by atoms with Gasteiger partial charge in [0.2, 0.25) is 0 Å². The third-order valence-electron chi connectivity index (χ3n) is 5.19. The summed E-state index contributed by atoms with van der Waals surface area (Å²) in [4.78, 5) is 39.1. The van der Waals surface area contributed by atoms with Crippen LogP contribution in [0, 0.1) is 0 Å². The summed E-state index contributed by atoms with van der Waals surface area (Å²) in [5.74, 6) is 1.67. The third kappa shape index (κ3) is 3.59. The Labute approximate surface area is 188 Å². The molecule has 0 unspecified atom stereocenters. The van der Waals surface area contributed by atoms with Crippen molar-refractivity contribution < 1.29 is 0 Å². The SMILES string of the molecule is C/C=C(/Nc1c(-c2nc3cc(N(C)C)ncc3[nH]2)c(=O)[nH]c2cn(C)nc12)c1ncccn1. The number of H-pyrrole nitrogens is 2. The van der Waals surface area contributed by atoms with E-state index in [0.29, 0.717) is 45.1 Å². The Bertz CT molecular complexity index is 1560. The Morgan fingerprint density at radius 2 is 1.94 bits per heavy atom. The molecule has 0 fully saturated rings. The molecule has 0 atom stereocenters. The maximum absolute atomic E-state index is 13.3. The Balaban J connectivity index is 1.73. The van der Waals surface area contributed by atoms with Crippen LogP contribution in [-0.2, 0) is 7.05 Å². The number of aromatic nitrogens is 8. The monoisotopic (exact) mass is 442 g/mol. The van der Waals surface area contributed by atoms with E-state index in [1.54, 1.807) is 42.6 Å². The molecule has 0 saturated heterocycles. The topological polar surface area (TPSA) is 133 Å². The molecule has 11 nitrogen and oxygen atoms in total. The number of aromatic amines is 2. The second-order valence-electron chi connectivity index (χ2n) is 7.71. The molecule has 5 aromatic rings. The van der Waals surface area contributed by atoms with Crippen LogP contribution in [0.4, 0.5) is 11.5 Å². The maximum atomic E-state index is 13.3. The largest absolute Gasteiger partial charge is 0.363 e. The van der Waals surface area contributed by atoms with Crippen molar-refractivity contribution in [3.8, 4) is 11.4 Å². The lowest BCUT2D eigenvalue weighted by atomic mass is 10.1. The Morgan fingerprint density at radius 1 is 1.15 bits per heavy atom. The first-order valence-corrected chi connectivity index (χ1v) is 10.3. The summed E-state index contributed by atoms with van der Waals surface area (Å²) >= 11 is 0. The molecule has 0 bridgehead atoms. The van der Waals surface area contributed by atoms with Crippen molar-refractivity contribution in [3.63, 3.8) is 0 Å². The van der Waals surface area contributed by atoms with Crippen molar-refractivity contribution in [2.45, 2.75) is 6.92 Å². The van der Waals surface area contributed by atoms with Gasteiger partial charge in [0, 0.05) is 45.8 Å². The van der Waals surface area contributed by atoms with Gasteiger partial charge in [-0.25, -0.2) is 19.9 Å². The minimum Gasteiger partial charge on any atom is -0.363 e. The Hall–Kier alpha value is -4.54. The van der Waals surface area contributed by atoms with Gasteiger partial charge < -0.3 is 20.2 Å². The summed E-state index contributed by atoms with van der Waals surface area (Å²) in [6, 6.07) is 3.61. The number of imidazole rings is 1. The zero-order chi connectivity index (χ0) is 23.1. The van der Waals surface area contributed by atoms with Gasteiger partial charge in [0.25, 0.3) is 5.56 Å². The number of anilines is 2. The van der Waals surface area contributed by atoms with Crippen LogP contribution >= 0.6 is 0 Å². The zero-order valence-electron chi connectivity index (χ0n) is 18.6. The van der Waals surface area contributed by atoms with Gasteiger partial charge >= 0.3 is 0 Å². The van der Waals surface area contributed by atoms with E-state index in [0.717, 1.165) is 11.3 Å². The highest BCUT2D eigenvalue weighted by Crippen LogP contribution is 2.32. The molecule has 0 aliphatic heterocycles. The molecular weight excluding hydrogens is 420 g/mol. The summed E-state index contributed by atoms with van der Waals surface area (Å²) in [7, 11) is 5.62. The first-order chi connectivity index (χ1) is 15.9. The summed E-state index contributed by atoms with van der Waals surface area (Å²) < 4.78 is 1.65. The molecule has 5 heterocycles. The normalized spacial score (nSPS) is 11.9. The van der Waals surface area contributed by atoms with Gasteiger partial charge in [-0.1, -0.05) is 6.08 Å². The molecule has 0 aliphatic carbocycles. The van der Waals surface area contributed by atoms with Crippen molar-refractivity contribution in [1.29, 1.82) is 0 Å². The predicted molar refractivity (Wildman–Crippen MR) is 128 cm³/mol. The fourth-order valence-electron chi connectivity index (χ4n) is 3.62. The van der Waals surface area contributed by atoms with Crippen molar-refractivity contribution in [2.24, 2.45) is 7.05 Å². The minimum absolute atomic E-state index is 0.303. The van der Waals surface area contributed by atoms with E-state index in [9.17, 15) is 4.79 Å².